The molecule has 166 valence electrons. The molecular formula is C22H23ClF3N3O2. The van der Waals surface area contributed by atoms with Crippen LogP contribution in [0.15, 0.2) is 42.6 Å². The van der Waals surface area contributed by atoms with E-state index in [0.717, 1.165) is 18.0 Å². The highest BCUT2D eigenvalue weighted by Crippen LogP contribution is 2.40. The second-order valence-electron chi connectivity index (χ2n) is 7.89. The van der Waals surface area contributed by atoms with Crippen LogP contribution in [-0.4, -0.2) is 55.2 Å². The number of benzene rings is 1. The Kier molecular flexibility index (Phi) is 6.12. The van der Waals surface area contributed by atoms with E-state index in [1.807, 2.05) is 6.07 Å². The number of aromatic nitrogens is 1. The number of amides is 1. The summed E-state index contributed by atoms with van der Waals surface area (Å²) in [6.07, 6.45) is -2.14. The monoisotopic (exact) mass is 453 g/mol. The molecule has 5 nitrogen and oxygen atoms in total. The van der Waals surface area contributed by atoms with Crippen molar-refractivity contribution in [3.05, 3.63) is 58.7 Å². The minimum absolute atomic E-state index is 0.126. The molecule has 0 bridgehead atoms. The van der Waals surface area contributed by atoms with Crippen molar-refractivity contribution in [3.63, 3.8) is 0 Å². The zero-order valence-corrected chi connectivity index (χ0v) is 17.6. The van der Waals surface area contributed by atoms with Gasteiger partial charge < -0.3 is 14.5 Å². The topological polar surface area (TPSA) is 45.7 Å². The van der Waals surface area contributed by atoms with Gasteiger partial charge in [0.1, 0.15) is 5.82 Å². The van der Waals surface area contributed by atoms with Crippen molar-refractivity contribution in [1.29, 1.82) is 0 Å². The fourth-order valence-electron chi connectivity index (χ4n) is 4.34. The second-order valence-corrected chi connectivity index (χ2v) is 8.32. The lowest BCUT2D eigenvalue weighted by Gasteiger charge is -2.43. The summed E-state index contributed by atoms with van der Waals surface area (Å²) in [4.78, 5) is 21.8. The maximum absolute atomic E-state index is 13.7. The molecule has 31 heavy (non-hydrogen) atoms. The van der Waals surface area contributed by atoms with Crippen molar-refractivity contribution in [2.45, 2.75) is 24.4 Å². The highest BCUT2D eigenvalue weighted by atomic mass is 35.5. The maximum Gasteiger partial charge on any atom is 0.416 e. The Balaban J connectivity index is 1.55. The summed E-state index contributed by atoms with van der Waals surface area (Å²) >= 11 is 5.90. The minimum atomic E-state index is -4.46. The van der Waals surface area contributed by atoms with E-state index in [-0.39, 0.29) is 5.91 Å². The fraction of sp³-hybridized carbons (Fsp3) is 0.455. The SMILES string of the molecule is O=C(N1CCN(c2ccc(Cl)cn2)CC1)C1(c2cccc(C(F)(F)F)c2)CCOCC1. The van der Waals surface area contributed by atoms with Crippen LogP contribution in [0.4, 0.5) is 19.0 Å². The van der Waals surface area contributed by atoms with Crippen molar-refractivity contribution >= 4 is 23.3 Å². The highest BCUT2D eigenvalue weighted by Gasteiger charge is 2.45. The predicted octanol–water partition coefficient (Wildman–Crippen LogP) is 4.15. The number of anilines is 1. The molecular weight excluding hydrogens is 431 g/mol. The van der Waals surface area contributed by atoms with Crippen molar-refractivity contribution in [3.8, 4) is 0 Å². The smallest absolute Gasteiger partial charge is 0.381 e. The standard InChI is InChI=1S/C22H23ClF3N3O2/c23-18-4-5-19(27-15-18)28-8-10-29(11-9-28)20(30)21(6-12-31-13-7-21)16-2-1-3-17(14-16)22(24,25)26/h1-5,14-15H,6-13H2. The van der Waals surface area contributed by atoms with E-state index in [2.05, 4.69) is 9.88 Å². The van der Waals surface area contributed by atoms with Gasteiger partial charge in [0.2, 0.25) is 5.91 Å². The summed E-state index contributed by atoms with van der Waals surface area (Å²) < 4.78 is 45.4. The lowest BCUT2D eigenvalue weighted by atomic mass is 9.72. The molecule has 3 heterocycles. The van der Waals surface area contributed by atoms with E-state index in [9.17, 15) is 18.0 Å². The van der Waals surface area contributed by atoms with Gasteiger partial charge in [-0.2, -0.15) is 13.2 Å². The number of ether oxygens (including phenoxy) is 1. The van der Waals surface area contributed by atoms with Crippen LogP contribution >= 0.6 is 11.6 Å². The summed E-state index contributed by atoms with van der Waals surface area (Å²) in [7, 11) is 0. The Morgan fingerprint density at radius 2 is 1.77 bits per heavy atom. The van der Waals surface area contributed by atoms with Gasteiger partial charge in [-0.3, -0.25) is 4.79 Å². The van der Waals surface area contributed by atoms with E-state index in [1.54, 1.807) is 23.2 Å². The third-order valence-electron chi connectivity index (χ3n) is 6.10. The Hall–Kier alpha value is -2.32. The molecule has 1 aromatic heterocycles. The normalized spacial score (nSPS) is 19.4. The Labute approximate surface area is 183 Å². The number of pyridine rings is 1. The fourth-order valence-corrected chi connectivity index (χ4v) is 4.45. The van der Waals surface area contributed by atoms with Gasteiger partial charge in [0.15, 0.2) is 0 Å². The van der Waals surface area contributed by atoms with Crippen molar-refractivity contribution in [1.82, 2.24) is 9.88 Å². The molecule has 0 saturated carbocycles. The first-order chi connectivity index (χ1) is 14.8. The Morgan fingerprint density at radius 1 is 1.06 bits per heavy atom. The predicted molar refractivity (Wildman–Crippen MR) is 111 cm³/mol. The number of carbonyl (C=O) groups is 1. The molecule has 1 amide bonds. The van der Waals surface area contributed by atoms with Crippen LogP contribution in [-0.2, 0) is 21.1 Å². The molecule has 0 atom stereocenters. The van der Waals surface area contributed by atoms with Gasteiger partial charge in [-0.15, -0.1) is 0 Å². The van der Waals surface area contributed by atoms with Crippen LogP contribution < -0.4 is 4.90 Å². The van der Waals surface area contributed by atoms with E-state index in [1.165, 1.54) is 6.07 Å². The molecule has 2 aromatic rings. The number of hydrogen-bond acceptors (Lipinski definition) is 4. The molecule has 4 rings (SSSR count). The molecule has 0 unspecified atom stereocenters. The number of hydrogen-bond donors (Lipinski definition) is 0. The average molecular weight is 454 g/mol. The van der Waals surface area contributed by atoms with E-state index < -0.39 is 17.2 Å². The molecule has 0 aliphatic carbocycles. The van der Waals surface area contributed by atoms with Crippen LogP contribution in [0.2, 0.25) is 5.02 Å². The molecule has 2 fully saturated rings. The third-order valence-corrected chi connectivity index (χ3v) is 6.32. The minimum Gasteiger partial charge on any atom is -0.381 e. The largest absolute Gasteiger partial charge is 0.416 e. The molecule has 2 aliphatic rings. The van der Waals surface area contributed by atoms with E-state index >= 15 is 0 Å². The molecule has 0 spiro atoms. The number of alkyl halides is 3. The van der Waals surface area contributed by atoms with Crippen molar-refractivity contribution in [2.24, 2.45) is 0 Å². The van der Waals surface area contributed by atoms with Crippen LogP contribution in [0.3, 0.4) is 0 Å². The molecule has 2 aliphatic heterocycles. The number of halogens is 4. The molecule has 9 heteroatoms. The Bertz CT molecular complexity index is 922. The summed E-state index contributed by atoms with van der Waals surface area (Å²) in [5, 5.41) is 0.556. The average Bonchev–Trinajstić information content (AvgIpc) is 2.79. The molecule has 2 saturated heterocycles. The van der Waals surface area contributed by atoms with Gasteiger partial charge in [-0.1, -0.05) is 29.8 Å². The zero-order valence-electron chi connectivity index (χ0n) is 16.9. The number of nitrogens with zero attached hydrogens (tertiary/aromatic N) is 3. The summed E-state index contributed by atoms with van der Waals surface area (Å²) in [6, 6.07) is 8.78. The van der Waals surface area contributed by atoms with Gasteiger partial charge >= 0.3 is 6.18 Å². The number of piperazine rings is 1. The van der Waals surface area contributed by atoms with Crippen LogP contribution in [0.25, 0.3) is 0 Å². The first kappa shape index (κ1) is 21.9. The van der Waals surface area contributed by atoms with Gasteiger partial charge in [0.25, 0.3) is 0 Å². The number of carbonyl (C=O) groups excluding carboxylic acids is 1. The first-order valence-corrected chi connectivity index (χ1v) is 10.6. The van der Waals surface area contributed by atoms with Crippen molar-refractivity contribution < 1.29 is 22.7 Å². The van der Waals surface area contributed by atoms with Gasteiger partial charge in [-0.25, -0.2) is 4.98 Å². The van der Waals surface area contributed by atoms with Crippen molar-refractivity contribution in [2.75, 3.05) is 44.3 Å². The summed E-state index contributed by atoms with van der Waals surface area (Å²) in [5.74, 6) is 0.661. The van der Waals surface area contributed by atoms with Crippen LogP contribution in [0.1, 0.15) is 24.0 Å². The third kappa shape index (κ3) is 4.50. The van der Waals surface area contributed by atoms with Gasteiger partial charge in [-0.05, 0) is 36.6 Å². The van der Waals surface area contributed by atoms with Crippen LogP contribution in [0, 0.1) is 0 Å². The van der Waals surface area contributed by atoms with Gasteiger partial charge in [0.05, 0.1) is 16.0 Å². The highest BCUT2D eigenvalue weighted by molar-refractivity contribution is 6.30. The van der Waals surface area contributed by atoms with Gasteiger partial charge in [0, 0.05) is 45.6 Å². The summed E-state index contributed by atoms with van der Waals surface area (Å²) in [6.45, 7) is 2.83. The lowest BCUT2D eigenvalue weighted by Crippen LogP contribution is -2.56. The van der Waals surface area contributed by atoms with Crippen LogP contribution in [0.5, 0.6) is 0 Å². The van der Waals surface area contributed by atoms with E-state index in [4.69, 9.17) is 16.3 Å². The second kappa shape index (κ2) is 8.67. The number of rotatable bonds is 3. The first-order valence-electron chi connectivity index (χ1n) is 10.2. The molecule has 1 aromatic carbocycles. The zero-order chi connectivity index (χ0) is 22.1. The Morgan fingerprint density at radius 3 is 2.39 bits per heavy atom. The lowest BCUT2D eigenvalue weighted by molar-refractivity contribution is -0.142. The summed E-state index contributed by atoms with van der Waals surface area (Å²) in [5.41, 5.74) is -1.32. The quantitative estimate of drug-likeness (QED) is 0.700. The molecule has 0 N–H and O–H groups in total. The van der Waals surface area contributed by atoms with E-state index in [0.29, 0.717) is 62.8 Å². The molecule has 0 radical (unpaired) electrons. The maximum atomic E-state index is 13.7.